The fraction of sp³-hybridized carbons (Fsp3) is 0.111. The van der Waals surface area contributed by atoms with Gasteiger partial charge in [-0.25, -0.2) is 4.98 Å². The van der Waals surface area contributed by atoms with Gasteiger partial charge in [-0.05, 0) is 60.0 Å². The molecule has 156 valence electrons. The van der Waals surface area contributed by atoms with Crippen LogP contribution < -0.4 is 4.74 Å². The number of ether oxygens (including phenoxy) is 1. The molecule has 2 heterocycles. The van der Waals surface area contributed by atoms with E-state index < -0.39 is 0 Å². The second kappa shape index (κ2) is 8.09. The molecule has 0 spiro atoms. The first kappa shape index (κ1) is 19.7. The summed E-state index contributed by atoms with van der Waals surface area (Å²) in [6.45, 7) is 2.72. The highest BCUT2D eigenvalue weighted by Gasteiger charge is 2.12. The van der Waals surface area contributed by atoms with Crippen molar-refractivity contribution in [3.63, 3.8) is 0 Å². The van der Waals surface area contributed by atoms with Crippen molar-refractivity contribution < 1.29 is 4.74 Å². The number of hydrogen-bond acceptors (Lipinski definition) is 3. The normalized spacial score (nSPS) is 10.9. The SMILES string of the molecule is COc1cc(-c2cccc3c2ccn3Cc2ccc(C#N)cc2)ccc1-n1cnc(C)c1. The zero-order valence-electron chi connectivity index (χ0n) is 18.0. The molecule has 0 radical (unpaired) electrons. The van der Waals surface area contributed by atoms with Crippen LogP contribution >= 0.6 is 0 Å². The third-order valence-corrected chi connectivity index (χ3v) is 5.73. The molecular weight excluding hydrogens is 396 g/mol. The van der Waals surface area contributed by atoms with Crippen molar-refractivity contribution >= 4 is 10.9 Å². The van der Waals surface area contributed by atoms with Crippen LogP contribution in [0.2, 0.25) is 0 Å². The van der Waals surface area contributed by atoms with Gasteiger partial charge in [-0.15, -0.1) is 0 Å². The molecular formula is C27H22N4O. The third kappa shape index (κ3) is 3.52. The molecule has 0 N–H and O–H groups in total. The van der Waals surface area contributed by atoms with Gasteiger partial charge in [-0.3, -0.25) is 0 Å². The van der Waals surface area contributed by atoms with Crippen LogP contribution in [0.25, 0.3) is 27.7 Å². The summed E-state index contributed by atoms with van der Waals surface area (Å²) >= 11 is 0. The van der Waals surface area contributed by atoms with Gasteiger partial charge in [0.25, 0.3) is 0 Å². The molecule has 0 unspecified atom stereocenters. The maximum atomic E-state index is 9.02. The highest BCUT2D eigenvalue weighted by atomic mass is 16.5. The summed E-state index contributed by atoms with van der Waals surface area (Å²) in [5.74, 6) is 0.800. The minimum absolute atomic E-state index is 0.677. The number of hydrogen-bond donors (Lipinski definition) is 0. The fourth-order valence-electron chi connectivity index (χ4n) is 4.11. The average molecular weight is 419 g/mol. The Morgan fingerprint density at radius 3 is 2.59 bits per heavy atom. The van der Waals surface area contributed by atoms with E-state index in [9.17, 15) is 0 Å². The zero-order chi connectivity index (χ0) is 22.1. The lowest BCUT2D eigenvalue weighted by molar-refractivity contribution is 0.413. The molecule has 0 aliphatic heterocycles. The quantitative estimate of drug-likeness (QED) is 0.366. The highest BCUT2D eigenvalue weighted by molar-refractivity contribution is 5.96. The summed E-state index contributed by atoms with van der Waals surface area (Å²) in [5, 5.41) is 10.2. The zero-order valence-corrected chi connectivity index (χ0v) is 18.0. The van der Waals surface area contributed by atoms with Crippen molar-refractivity contribution in [3.05, 3.63) is 102 Å². The van der Waals surface area contributed by atoms with Gasteiger partial charge in [0.05, 0.1) is 36.5 Å². The van der Waals surface area contributed by atoms with E-state index in [1.165, 1.54) is 10.9 Å². The van der Waals surface area contributed by atoms with E-state index in [0.717, 1.165) is 40.4 Å². The predicted molar refractivity (Wildman–Crippen MR) is 126 cm³/mol. The molecule has 0 saturated heterocycles. The van der Waals surface area contributed by atoms with E-state index >= 15 is 0 Å². The van der Waals surface area contributed by atoms with Crippen LogP contribution in [0.4, 0.5) is 0 Å². The van der Waals surface area contributed by atoms with Gasteiger partial charge in [-0.2, -0.15) is 5.26 Å². The second-order valence-corrected chi connectivity index (χ2v) is 7.80. The topological polar surface area (TPSA) is 55.8 Å². The molecule has 0 fully saturated rings. The Kier molecular flexibility index (Phi) is 4.97. The minimum atomic E-state index is 0.677. The number of fused-ring (bicyclic) bond motifs is 1. The highest BCUT2D eigenvalue weighted by Crippen LogP contribution is 2.34. The van der Waals surface area contributed by atoms with Gasteiger partial charge < -0.3 is 13.9 Å². The summed E-state index contributed by atoms with van der Waals surface area (Å²) in [7, 11) is 1.70. The first-order valence-corrected chi connectivity index (χ1v) is 10.4. The van der Waals surface area contributed by atoms with E-state index in [-0.39, 0.29) is 0 Å². The Labute approximate surface area is 186 Å². The minimum Gasteiger partial charge on any atom is -0.495 e. The summed E-state index contributed by atoms with van der Waals surface area (Å²) < 4.78 is 9.92. The molecule has 0 saturated carbocycles. The van der Waals surface area contributed by atoms with Crippen LogP contribution in [-0.4, -0.2) is 21.2 Å². The lowest BCUT2D eigenvalue weighted by Gasteiger charge is -2.12. The molecule has 5 aromatic rings. The van der Waals surface area contributed by atoms with Crippen LogP contribution in [0.5, 0.6) is 5.75 Å². The van der Waals surface area contributed by atoms with Crippen LogP contribution in [0.3, 0.4) is 0 Å². The number of rotatable bonds is 5. The second-order valence-electron chi connectivity index (χ2n) is 7.80. The number of benzene rings is 3. The Bertz CT molecular complexity index is 1450. The number of aryl methyl sites for hydroxylation is 1. The van der Waals surface area contributed by atoms with Gasteiger partial charge >= 0.3 is 0 Å². The van der Waals surface area contributed by atoms with Crippen molar-refractivity contribution in [2.24, 2.45) is 0 Å². The summed E-state index contributed by atoms with van der Waals surface area (Å²) in [4.78, 5) is 4.33. The molecule has 3 aromatic carbocycles. The van der Waals surface area contributed by atoms with Crippen molar-refractivity contribution in [2.75, 3.05) is 7.11 Å². The molecule has 32 heavy (non-hydrogen) atoms. The summed E-state index contributed by atoms with van der Waals surface area (Å²) in [5.41, 5.74) is 7.19. The summed E-state index contributed by atoms with van der Waals surface area (Å²) in [6.07, 6.45) is 5.91. The molecule has 2 aromatic heterocycles. The van der Waals surface area contributed by atoms with Crippen molar-refractivity contribution in [3.8, 4) is 28.6 Å². The maximum absolute atomic E-state index is 9.02. The van der Waals surface area contributed by atoms with Gasteiger partial charge in [0.15, 0.2) is 0 Å². The van der Waals surface area contributed by atoms with Gasteiger partial charge in [0.1, 0.15) is 5.75 Å². The van der Waals surface area contributed by atoms with Crippen LogP contribution in [-0.2, 0) is 6.54 Å². The molecule has 0 atom stereocenters. The number of aromatic nitrogens is 3. The number of nitriles is 1. The van der Waals surface area contributed by atoms with Crippen molar-refractivity contribution in [1.82, 2.24) is 14.1 Å². The predicted octanol–water partition coefficient (Wildman–Crippen LogP) is 5.73. The lowest BCUT2D eigenvalue weighted by Crippen LogP contribution is -1.98. The fourth-order valence-corrected chi connectivity index (χ4v) is 4.11. The van der Waals surface area contributed by atoms with E-state index in [2.05, 4.69) is 64.3 Å². The number of nitrogens with zero attached hydrogens (tertiary/aromatic N) is 4. The van der Waals surface area contributed by atoms with Crippen LogP contribution in [0.15, 0.2) is 85.5 Å². The largest absolute Gasteiger partial charge is 0.495 e. The molecule has 5 nitrogen and oxygen atoms in total. The number of imidazole rings is 1. The molecule has 0 aliphatic rings. The van der Waals surface area contributed by atoms with E-state index in [0.29, 0.717) is 5.56 Å². The van der Waals surface area contributed by atoms with Crippen LogP contribution in [0.1, 0.15) is 16.8 Å². The Balaban J connectivity index is 1.53. The third-order valence-electron chi connectivity index (χ3n) is 5.73. The molecule has 5 heteroatoms. The standard InChI is InChI=1S/C27H22N4O/c1-19-16-31(18-29-19)26-11-10-22(14-27(26)32-2)23-4-3-5-25-24(23)12-13-30(25)17-21-8-6-20(15-28)7-9-21/h3-14,16,18H,17H2,1-2H3. The van der Waals surface area contributed by atoms with E-state index in [4.69, 9.17) is 10.00 Å². The van der Waals surface area contributed by atoms with Crippen LogP contribution in [0, 0.1) is 18.3 Å². The Morgan fingerprint density at radius 2 is 1.88 bits per heavy atom. The summed E-state index contributed by atoms with van der Waals surface area (Å²) in [6, 6.07) is 24.7. The molecule has 0 bridgehead atoms. The van der Waals surface area contributed by atoms with Gasteiger partial charge in [-0.1, -0.05) is 30.3 Å². The average Bonchev–Trinajstić information content (AvgIpc) is 3.45. The van der Waals surface area contributed by atoms with Crippen molar-refractivity contribution in [1.29, 1.82) is 5.26 Å². The molecule has 5 rings (SSSR count). The van der Waals surface area contributed by atoms with Gasteiger partial charge in [0.2, 0.25) is 0 Å². The molecule has 0 amide bonds. The first-order chi connectivity index (χ1) is 15.7. The van der Waals surface area contributed by atoms with Crippen molar-refractivity contribution in [2.45, 2.75) is 13.5 Å². The lowest BCUT2D eigenvalue weighted by atomic mass is 10.0. The number of methoxy groups -OCH3 is 1. The smallest absolute Gasteiger partial charge is 0.143 e. The monoisotopic (exact) mass is 418 g/mol. The van der Waals surface area contributed by atoms with E-state index in [1.807, 2.05) is 42.0 Å². The Hall–Kier alpha value is -4.30. The molecule has 0 aliphatic carbocycles. The first-order valence-electron chi connectivity index (χ1n) is 10.4. The Morgan fingerprint density at radius 1 is 1.03 bits per heavy atom. The van der Waals surface area contributed by atoms with E-state index in [1.54, 1.807) is 13.4 Å². The van der Waals surface area contributed by atoms with Gasteiger partial charge in [0, 0.05) is 29.8 Å². The maximum Gasteiger partial charge on any atom is 0.143 e.